The van der Waals surface area contributed by atoms with Crippen molar-refractivity contribution in [1.82, 2.24) is 20.0 Å². The van der Waals surface area contributed by atoms with E-state index in [1.807, 2.05) is 61.6 Å². The number of rotatable bonds is 3. The summed E-state index contributed by atoms with van der Waals surface area (Å²) in [6.07, 6.45) is 1.73. The summed E-state index contributed by atoms with van der Waals surface area (Å²) in [7, 11) is 1.84. The molecule has 0 unspecified atom stereocenters. The summed E-state index contributed by atoms with van der Waals surface area (Å²) in [6, 6.07) is 16.9. The summed E-state index contributed by atoms with van der Waals surface area (Å²) in [6.45, 7) is 0. The minimum Gasteiger partial charge on any atom is -0.308 e. The largest absolute Gasteiger partial charge is 0.324 e. The lowest BCUT2D eigenvalue weighted by Crippen LogP contribution is -2.19. The number of urea groups is 1. The van der Waals surface area contributed by atoms with Gasteiger partial charge in [-0.25, -0.2) is 4.79 Å². The Balaban J connectivity index is 1.49. The number of aryl methyl sites for hydroxylation is 1. The Morgan fingerprint density at radius 2 is 1.92 bits per heavy atom. The number of amides is 2. The molecule has 2 aromatic carbocycles. The highest BCUT2D eigenvalue weighted by molar-refractivity contribution is 6.00. The van der Waals surface area contributed by atoms with Gasteiger partial charge in [0.2, 0.25) is 0 Å². The minimum atomic E-state index is -0.350. The zero-order valence-corrected chi connectivity index (χ0v) is 13.5. The fourth-order valence-electron chi connectivity index (χ4n) is 2.70. The molecule has 0 saturated heterocycles. The molecular formula is C18H16N6O. The highest BCUT2D eigenvalue weighted by atomic mass is 16.2. The molecule has 0 saturated carbocycles. The Bertz CT molecular complexity index is 1030. The highest BCUT2D eigenvalue weighted by Crippen LogP contribution is 2.22. The van der Waals surface area contributed by atoms with Gasteiger partial charge in [-0.05, 0) is 23.8 Å². The monoisotopic (exact) mass is 332 g/mol. The number of nitrogens with zero attached hydrogens (tertiary/aromatic N) is 3. The number of aromatic nitrogens is 4. The molecule has 2 aromatic heterocycles. The first kappa shape index (κ1) is 14.9. The number of fused-ring (bicyclic) bond motifs is 1. The van der Waals surface area contributed by atoms with E-state index in [1.54, 1.807) is 10.9 Å². The molecule has 4 aromatic rings. The van der Waals surface area contributed by atoms with Crippen molar-refractivity contribution in [2.45, 2.75) is 0 Å². The molecule has 0 aliphatic carbocycles. The third-order valence-electron chi connectivity index (χ3n) is 3.89. The van der Waals surface area contributed by atoms with Crippen molar-refractivity contribution >= 4 is 28.4 Å². The zero-order valence-electron chi connectivity index (χ0n) is 13.5. The molecule has 0 bridgehead atoms. The number of benzene rings is 2. The van der Waals surface area contributed by atoms with Gasteiger partial charge in [-0.15, -0.1) is 0 Å². The second kappa shape index (κ2) is 6.12. The number of H-pyrrole nitrogens is 1. The summed E-state index contributed by atoms with van der Waals surface area (Å²) in [5.41, 5.74) is 3.50. The number of hydrogen-bond donors (Lipinski definition) is 3. The number of hydrogen-bond acceptors (Lipinski definition) is 3. The predicted octanol–water partition coefficient (Wildman–Crippen LogP) is 3.61. The van der Waals surface area contributed by atoms with E-state index in [0.29, 0.717) is 11.5 Å². The lowest BCUT2D eigenvalue weighted by atomic mass is 10.1. The standard InChI is InChI=1S/C18H16N6O/c1-24-16(12-5-3-2-4-6-12)10-17(23-24)21-18(25)20-14-8-7-13-11-19-22-15(13)9-14/h2-11H,1H3,(H,19,22)(H2,20,21,23,25). The molecule has 0 spiro atoms. The maximum atomic E-state index is 12.2. The first-order valence-electron chi connectivity index (χ1n) is 7.80. The SMILES string of the molecule is Cn1nc(NC(=O)Nc2ccc3cn[nH]c3c2)cc1-c1ccccc1. The van der Waals surface area contributed by atoms with Gasteiger partial charge in [0, 0.05) is 24.2 Å². The molecule has 0 atom stereocenters. The number of carbonyl (C=O) groups excluding carboxylic acids is 1. The van der Waals surface area contributed by atoms with Gasteiger partial charge in [0.05, 0.1) is 17.4 Å². The molecule has 0 aliphatic heterocycles. The summed E-state index contributed by atoms with van der Waals surface area (Å²) >= 11 is 0. The van der Waals surface area contributed by atoms with Gasteiger partial charge in [0.1, 0.15) is 0 Å². The zero-order chi connectivity index (χ0) is 17.2. The second-order valence-electron chi connectivity index (χ2n) is 5.66. The van der Waals surface area contributed by atoms with Crippen LogP contribution in [0.15, 0.2) is 60.8 Å². The average molecular weight is 332 g/mol. The maximum absolute atomic E-state index is 12.2. The lowest BCUT2D eigenvalue weighted by Gasteiger charge is -2.05. The van der Waals surface area contributed by atoms with Crippen molar-refractivity contribution in [2.75, 3.05) is 10.6 Å². The third kappa shape index (κ3) is 3.07. The van der Waals surface area contributed by atoms with Crippen LogP contribution in [0.3, 0.4) is 0 Å². The molecule has 124 valence electrons. The molecule has 2 amide bonds. The maximum Gasteiger partial charge on any atom is 0.324 e. The van der Waals surface area contributed by atoms with Crippen LogP contribution < -0.4 is 10.6 Å². The molecule has 3 N–H and O–H groups in total. The summed E-state index contributed by atoms with van der Waals surface area (Å²) in [5, 5.41) is 17.7. The minimum absolute atomic E-state index is 0.350. The van der Waals surface area contributed by atoms with Crippen LogP contribution in [-0.4, -0.2) is 26.0 Å². The second-order valence-corrected chi connectivity index (χ2v) is 5.66. The van der Waals surface area contributed by atoms with Gasteiger partial charge >= 0.3 is 6.03 Å². The lowest BCUT2D eigenvalue weighted by molar-refractivity contribution is 0.262. The van der Waals surface area contributed by atoms with E-state index in [4.69, 9.17) is 0 Å². The van der Waals surface area contributed by atoms with Crippen molar-refractivity contribution in [3.63, 3.8) is 0 Å². The molecule has 7 heteroatoms. The van der Waals surface area contributed by atoms with Crippen LogP contribution in [0.5, 0.6) is 0 Å². The highest BCUT2D eigenvalue weighted by Gasteiger charge is 2.10. The number of carbonyl (C=O) groups is 1. The summed E-state index contributed by atoms with van der Waals surface area (Å²) in [5.74, 6) is 0.487. The van der Waals surface area contributed by atoms with Gasteiger partial charge in [-0.1, -0.05) is 30.3 Å². The van der Waals surface area contributed by atoms with Crippen LogP contribution in [0, 0.1) is 0 Å². The van der Waals surface area contributed by atoms with Gasteiger partial charge in [-0.3, -0.25) is 15.1 Å². The fourth-order valence-corrected chi connectivity index (χ4v) is 2.70. The van der Waals surface area contributed by atoms with Crippen LogP contribution in [0.4, 0.5) is 16.3 Å². The molecular weight excluding hydrogens is 316 g/mol. The number of nitrogens with one attached hydrogen (secondary N) is 3. The smallest absolute Gasteiger partial charge is 0.308 e. The Hall–Kier alpha value is -3.61. The Morgan fingerprint density at radius 1 is 1.08 bits per heavy atom. The average Bonchev–Trinajstić information content (AvgIpc) is 3.21. The van der Waals surface area contributed by atoms with Crippen LogP contribution in [-0.2, 0) is 7.05 Å². The third-order valence-corrected chi connectivity index (χ3v) is 3.89. The van der Waals surface area contributed by atoms with E-state index in [9.17, 15) is 4.79 Å². The Morgan fingerprint density at radius 3 is 2.76 bits per heavy atom. The van der Waals surface area contributed by atoms with Crippen molar-refractivity contribution in [2.24, 2.45) is 7.05 Å². The van der Waals surface area contributed by atoms with Crippen molar-refractivity contribution < 1.29 is 4.79 Å². The van der Waals surface area contributed by atoms with Gasteiger partial charge in [0.15, 0.2) is 5.82 Å². The van der Waals surface area contributed by atoms with Crippen molar-refractivity contribution in [3.8, 4) is 11.3 Å². The number of anilines is 2. The topological polar surface area (TPSA) is 87.6 Å². The molecule has 4 rings (SSSR count). The molecule has 0 aliphatic rings. The van der Waals surface area contributed by atoms with E-state index < -0.39 is 0 Å². The Kier molecular flexibility index (Phi) is 3.66. The van der Waals surface area contributed by atoms with E-state index >= 15 is 0 Å². The van der Waals surface area contributed by atoms with Crippen LogP contribution in [0.2, 0.25) is 0 Å². The van der Waals surface area contributed by atoms with Gasteiger partial charge < -0.3 is 5.32 Å². The van der Waals surface area contributed by atoms with Gasteiger partial charge in [0.25, 0.3) is 0 Å². The van der Waals surface area contributed by atoms with E-state index in [0.717, 1.165) is 22.2 Å². The van der Waals surface area contributed by atoms with Crippen LogP contribution >= 0.6 is 0 Å². The quantitative estimate of drug-likeness (QED) is 0.535. The first-order valence-corrected chi connectivity index (χ1v) is 7.80. The van der Waals surface area contributed by atoms with Crippen LogP contribution in [0.25, 0.3) is 22.2 Å². The van der Waals surface area contributed by atoms with Gasteiger partial charge in [-0.2, -0.15) is 10.2 Å². The summed E-state index contributed by atoms with van der Waals surface area (Å²) in [4.78, 5) is 12.2. The molecule has 2 heterocycles. The normalized spacial score (nSPS) is 10.8. The van der Waals surface area contributed by atoms with E-state index in [1.165, 1.54) is 0 Å². The predicted molar refractivity (Wildman–Crippen MR) is 97.4 cm³/mol. The first-order chi connectivity index (χ1) is 12.2. The van der Waals surface area contributed by atoms with E-state index in [-0.39, 0.29) is 6.03 Å². The molecule has 0 radical (unpaired) electrons. The van der Waals surface area contributed by atoms with Crippen molar-refractivity contribution in [3.05, 3.63) is 60.8 Å². The summed E-state index contributed by atoms with van der Waals surface area (Å²) < 4.78 is 1.74. The van der Waals surface area contributed by atoms with E-state index in [2.05, 4.69) is 25.9 Å². The molecule has 0 fully saturated rings. The van der Waals surface area contributed by atoms with Crippen molar-refractivity contribution in [1.29, 1.82) is 0 Å². The molecule has 7 nitrogen and oxygen atoms in total. The molecule has 25 heavy (non-hydrogen) atoms. The fraction of sp³-hybridized carbons (Fsp3) is 0.0556. The number of aromatic amines is 1. The Labute approximate surface area is 143 Å². The van der Waals surface area contributed by atoms with Crippen LogP contribution in [0.1, 0.15) is 0 Å².